The van der Waals surface area contributed by atoms with Crippen molar-refractivity contribution in [2.24, 2.45) is 0 Å². The molecule has 10 heteroatoms. The van der Waals surface area contributed by atoms with E-state index < -0.39 is 12.1 Å². The Kier molecular flexibility index (Phi) is 4.33. The van der Waals surface area contributed by atoms with Crippen LogP contribution in [0.1, 0.15) is 18.6 Å². The lowest BCUT2D eigenvalue weighted by atomic mass is 10.1. The maximum Gasteiger partial charge on any atom is 0.325 e. The van der Waals surface area contributed by atoms with Gasteiger partial charge in [0.15, 0.2) is 0 Å². The molecule has 0 saturated carbocycles. The van der Waals surface area contributed by atoms with Crippen LogP contribution in [0.4, 0.5) is 9.93 Å². The van der Waals surface area contributed by atoms with Gasteiger partial charge < -0.3 is 15.1 Å². The molecule has 0 radical (unpaired) electrons. The molecular weight excluding hydrogens is 322 g/mol. The van der Waals surface area contributed by atoms with E-state index in [1.54, 1.807) is 12.1 Å². The molecule has 0 unspecified atom stereocenters. The minimum absolute atomic E-state index is 0.0746. The lowest BCUT2D eigenvalue weighted by Gasteiger charge is -2.11. The molecule has 0 aliphatic carbocycles. The molecule has 0 bridgehead atoms. The highest BCUT2D eigenvalue weighted by atomic mass is 32.1. The SMILES string of the molecule is O=C(CC[C@H]1NC(=O)N(Cc2ccco2)C1=O)Nc1nncs1. The predicted octanol–water partition coefficient (Wildman–Crippen LogP) is 0.970. The summed E-state index contributed by atoms with van der Waals surface area (Å²) in [7, 11) is 0. The molecule has 2 aromatic heterocycles. The van der Waals surface area contributed by atoms with Crippen molar-refractivity contribution in [3.05, 3.63) is 29.7 Å². The van der Waals surface area contributed by atoms with Crippen molar-refractivity contribution in [3.63, 3.8) is 0 Å². The van der Waals surface area contributed by atoms with Gasteiger partial charge in [0.2, 0.25) is 11.0 Å². The third kappa shape index (κ3) is 3.54. The number of imide groups is 1. The molecular formula is C13H13N5O4S. The van der Waals surface area contributed by atoms with E-state index in [4.69, 9.17) is 4.42 Å². The van der Waals surface area contributed by atoms with E-state index in [-0.39, 0.29) is 31.2 Å². The van der Waals surface area contributed by atoms with Gasteiger partial charge in [-0.2, -0.15) is 0 Å². The summed E-state index contributed by atoms with van der Waals surface area (Å²) < 4.78 is 5.13. The normalized spacial score (nSPS) is 17.4. The molecule has 4 amide bonds. The molecule has 1 fully saturated rings. The van der Waals surface area contributed by atoms with Crippen molar-refractivity contribution in [2.75, 3.05) is 5.32 Å². The van der Waals surface area contributed by atoms with E-state index in [2.05, 4.69) is 20.8 Å². The highest BCUT2D eigenvalue weighted by Crippen LogP contribution is 2.16. The van der Waals surface area contributed by atoms with Gasteiger partial charge in [0.25, 0.3) is 5.91 Å². The third-order valence-electron chi connectivity index (χ3n) is 3.27. The first-order chi connectivity index (χ1) is 11.1. The van der Waals surface area contributed by atoms with Crippen LogP contribution in [0.15, 0.2) is 28.3 Å². The molecule has 3 heterocycles. The molecule has 3 rings (SSSR count). The van der Waals surface area contributed by atoms with Crippen LogP contribution in [-0.2, 0) is 16.1 Å². The molecule has 1 aliphatic rings. The van der Waals surface area contributed by atoms with Crippen LogP contribution in [0.5, 0.6) is 0 Å². The van der Waals surface area contributed by atoms with Gasteiger partial charge in [-0.1, -0.05) is 11.3 Å². The molecule has 2 aromatic rings. The second kappa shape index (κ2) is 6.57. The molecule has 120 valence electrons. The summed E-state index contributed by atoms with van der Waals surface area (Å²) >= 11 is 1.20. The van der Waals surface area contributed by atoms with Crippen molar-refractivity contribution in [1.82, 2.24) is 20.4 Å². The number of anilines is 1. The second-order valence-electron chi connectivity index (χ2n) is 4.84. The van der Waals surface area contributed by atoms with E-state index in [1.165, 1.54) is 23.1 Å². The van der Waals surface area contributed by atoms with Gasteiger partial charge >= 0.3 is 6.03 Å². The van der Waals surface area contributed by atoms with Gasteiger partial charge in [0.05, 0.1) is 12.8 Å². The largest absolute Gasteiger partial charge is 0.467 e. The zero-order valence-electron chi connectivity index (χ0n) is 11.9. The molecule has 1 saturated heterocycles. The van der Waals surface area contributed by atoms with E-state index in [9.17, 15) is 14.4 Å². The number of urea groups is 1. The molecule has 2 N–H and O–H groups in total. The molecule has 0 aromatic carbocycles. The smallest absolute Gasteiger partial charge is 0.325 e. The average Bonchev–Trinajstić information content (AvgIpc) is 3.25. The minimum Gasteiger partial charge on any atom is -0.467 e. The van der Waals surface area contributed by atoms with Gasteiger partial charge in [-0.05, 0) is 18.6 Å². The summed E-state index contributed by atoms with van der Waals surface area (Å²) in [6, 6.07) is 2.17. The third-order valence-corrected chi connectivity index (χ3v) is 3.87. The first kappa shape index (κ1) is 15.2. The van der Waals surface area contributed by atoms with Gasteiger partial charge in [0, 0.05) is 6.42 Å². The molecule has 9 nitrogen and oxygen atoms in total. The number of hydrogen-bond acceptors (Lipinski definition) is 7. The van der Waals surface area contributed by atoms with Crippen LogP contribution < -0.4 is 10.6 Å². The Balaban J connectivity index is 1.52. The van der Waals surface area contributed by atoms with Gasteiger partial charge in [-0.25, -0.2) is 4.79 Å². The molecule has 0 spiro atoms. The van der Waals surface area contributed by atoms with E-state index in [0.717, 1.165) is 4.90 Å². The second-order valence-corrected chi connectivity index (χ2v) is 5.67. The van der Waals surface area contributed by atoms with Gasteiger partial charge in [-0.3, -0.25) is 14.5 Å². The topological polar surface area (TPSA) is 117 Å². The molecule has 23 heavy (non-hydrogen) atoms. The van der Waals surface area contributed by atoms with Crippen LogP contribution in [0.2, 0.25) is 0 Å². The van der Waals surface area contributed by atoms with E-state index >= 15 is 0 Å². The lowest BCUT2D eigenvalue weighted by Crippen LogP contribution is -2.31. The van der Waals surface area contributed by atoms with Crippen molar-refractivity contribution < 1.29 is 18.8 Å². The molecule has 1 atom stereocenters. The Morgan fingerprint density at radius 1 is 1.48 bits per heavy atom. The van der Waals surface area contributed by atoms with Crippen molar-refractivity contribution >= 4 is 34.3 Å². The monoisotopic (exact) mass is 335 g/mol. The summed E-state index contributed by atoms with van der Waals surface area (Å²) in [5.41, 5.74) is 1.50. The maximum absolute atomic E-state index is 12.2. The zero-order valence-corrected chi connectivity index (χ0v) is 12.7. The standard InChI is InChI=1S/C13H13N5O4S/c19-10(16-12-17-14-7-23-12)4-3-9-11(20)18(13(21)15-9)6-8-2-1-5-22-8/h1-2,5,7,9H,3-4,6H2,(H,15,21)(H,16,17,19)/t9-/m1/s1. The fourth-order valence-corrected chi connectivity index (χ4v) is 2.63. The Morgan fingerprint density at radius 2 is 2.35 bits per heavy atom. The van der Waals surface area contributed by atoms with Crippen LogP contribution in [0.25, 0.3) is 0 Å². The van der Waals surface area contributed by atoms with E-state index in [0.29, 0.717) is 10.9 Å². The first-order valence-electron chi connectivity index (χ1n) is 6.84. The number of nitrogens with one attached hydrogen (secondary N) is 2. The van der Waals surface area contributed by atoms with Crippen molar-refractivity contribution in [3.8, 4) is 0 Å². The molecule has 1 aliphatic heterocycles. The Morgan fingerprint density at radius 3 is 3.04 bits per heavy atom. The Labute approximate surface area is 134 Å². The van der Waals surface area contributed by atoms with Crippen LogP contribution >= 0.6 is 11.3 Å². The number of amides is 4. The number of hydrogen-bond donors (Lipinski definition) is 2. The van der Waals surface area contributed by atoms with Crippen molar-refractivity contribution in [2.45, 2.75) is 25.4 Å². The highest BCUT2D eigenvalue weighted by molar-refractivity contribution is 7.13. The fourth-order valence-electron chi connectivity index (χ4n) is 2.17. The summed E-state index contributed by atoms with van der Waals surface area (Å²) in [5, 5.41) is 12.8. The quantitative estimate of drug-likeness (QED) is 0.760. The highest BCUT2D eigenvalue weighted by Gasteiger charge is 2.38. The summed E-state index contributed by atoms with van der Waals surface area (Å²) in [5.74, 6) is -0.133. The number of aromatic nitrogens is 2. The lowest BCUT2D eigenvalue weighted by molar-refractivity contribution is -0.128. The Hall–Kier alpha value is -2.75. The van der Waals surface area contributed by atoms with Gasteiger partial charge in [0.1, 0.15) is 17.3 Å². The summed E-state index contributed by atoms with van der Waals surface area (Å²) in [4.78, 5) is 36.9. The zero-order chi connectivity index (χ0) is 16.2. The first-order valence-corrected chi connectivity index (χ1v) is 7.71. The Bertz CT molecular complexity index is 700. The number of rotatable bonds is 6. The van der Waals surface area contributed by atoms with Crippen LogP contribution in [-0.4, -0.2) is 39.0 Å². The van der Waals surface area contributed by atoms with E-state index in [1.807, 2.05) is 0 Å². The van der Waals surface area contributed by atoms with Crippen LogP contribution in [0, 0.1) is 0 Å². The minimum atomic E-state index is -0.711. The number of carbonyl (C=O) groups excluding carboxylic acids is 3. The maximum atomic E-state index is 12.2. The summed E-state index contributed by atoms with van der Waals surface area (Å²) in [6.07, 6.45) is 1.78. The number of carbonyl (C=O) groups is 3. The van der Waals surface area contributed by atoms with Gasteiger partial charge in [-0.15, -0.1) is 10.2 Å². The predicted molar refractivity (Wildman–Crippen MR) is 79.4 cm³/mol. The van der Waals surface area contributed by atoms with Crippen molar-refractivity contribution in [1.29, 1.82) is 0 Å². The van der Waals surface area contributed by atoms with Crippen LogP contribution in [0.3, 0.4) is 0 Å². The summed E-state index contributed by atoms with van der Waals surface area (Å²) in [6.45, 7) is 0.0746. The number of nitrogens with zero attached hydrogens (tertiary/aromatic N) is 3. The average molecular weight is 335 g/mol. The fraction of sp³-hybridized carbons (Fsp3) is 0.308. The number of furan rings is 1.